The molecule has 1 heterocycles. The molecular weight excluding hydrogens is 344 g/mol. The van der Waals surface area contributed by atoms with Gasteiger partial charge in [-0.2, -0.15) is 0 Å². The van der Waals surface area contributed by atoms with Gasteiger partial charge in [-0.05, 0) is 25.0 Å². The molecule has 0 atom stereocenters. The molecule has 0 amide bonds. The molecule has 0 unspecified atom stereocenters. The van der Waals surface area contributed by atoms with Gasteiger partial charge in [-0.15, -0.1) is 11.3 Å². The van der Waals surface area contributed by atoms with E-state index in [1.165, 1.54) is 50.6 Å². The predicted octanol–water partition coefficient (Wildman–Crippen LogP) is 6.27. The highest BCUT2D eigenvalue weighted by Crippen LogP contribution is 2.27. The predicted molar refractivity (Wildman–Crippen MR) is 109 cm³/mol. The van der Waals surface area contributed by atoms with Gasteiger partial charge in [-0.25, -0.2) is 4.98 Å². The Morgan fingerprint density at radius 1 is 0.923 bits per heavy atom. The largest absolute Gasteiger partial charge is 0.481 e. The molecule has 0 aliphatic rings. The number of aliphatic carboxylic acids is 1. The van der Waals surface area contributed by atoms with Crippen molar-refractivity contribution in [3.05, 3.63) is 41.9 Å². The molecule has 2 aromatic rings. The van der Waals surface area contributed by atoms with Gasteiger partial charge in [0.15, 0.2) is 5.13 Å². The van der Waals surface area contributed by atoms with Crippen LogP contribution in [0.5, 0.6) is 0 Å². The van der Waals surface area contributed by atoms with Gasteiger partial charge < -0.3 is 10.0 Å². The standard InChI is InChI=1S/C21H30N2O2S/c24-20(25)15-11-6-4-2-1-3-5-7-12-17-23(21-22-16-18-26-21)19-13-9-8-10-14-19/h8-10,13-14,16,18H,1-7,11-12,15,17H2,(H,24,25). The molecule has 1 aromatic heterocycles. The van der Waals surface area contributed by atoms with Crippen LogP contribution in [-0.2, 0) is 4.79 Å². The lowest BCUT2D eigenvalue weighted by molar-refractivity contribution is -0.137. The van der Waals surface area contributed by atoms with E-state index < -0.39 is 5.97 Å². The van der Waals surface area contributed by atoms with E-state index in [-0.39, 0.29) is 0 Å². The Morgan fingerprint density at radius 3 is 2.12 bits per heavy atom. The molecule has 0 fully saturated rings. The van der Waals surface area contributed by atoms with Gasteiger partial charge in [-0.3, -0.25) is 4.79 Å². The number of hydrogen-bond acceptors (Lipinski definition) is 4. The molecule has 0 aliphatic carbocycles. The molecule has 4 nitrogen and oxygen atoms in total. The fraction of sp³-hybridized carbons (Fsp3) is 0.524. The second-order valence-electron chi connectivity index (χ2n) is 6.63. The molecule has 26 heavy (non-hydrogen) atoms. The van der Waals surface area contributed by atoms with Crippen molar-refractivity contribution in [1.29, 1.82) is 0 Å². The Kier molecular flexibility index (Phi) is 9.80. The SMILES string of the molecule is O=C(O)CCCCCCCCCCCN(c1ccccc1)c1nccs1. The summed E-state index contributed by atoms with van der Waals surface area (Å²) in [5, 5.41) is 11.7. The first-order valence-corrected chi connectivity index (χ1v) is 10.6. The van der Waals surface area contributed by atoms with Gasteiger partial charge in [0.1, 0.15) is 0 Å². The molecule has 0 aliphatic heterocycles. The van der Waals surface area contributed by atoms with Crippen LogP contribution in [-0.4, -0.2) is 22.6 Å². The number of hydrogen-bond donors (Lipinski definition) is 1. The molecule has 0 radical (unpaired) electrons. The smallest absolute Gasteiger partial charge is 0.303 e. The lowest BCUT2D eigenvalue weighted by Crippen LogP contribution is -2.18. The van der Waals surface area contributed by atoms with Crippen LogP contribution in [0.2, 0.25) is 0 Å². The average molecular weight is 375 g/mol. The number of unbranched alkanes of at least 4 members (excludes halogenated alkanes) is 8. The van der Waals surface area contributed by atoms with Crippen LogP contribution in [0.25, 0.3) is 0 Å². The summed E-state index contributed by atoms with van der Waals surface area (Å²) in [7, 11) is 0. The van der Waals surface area contributed by atoms with Crippen molar-refractivity contribution in [3.63, 3.8) is 0 Å². The van der Waals surface area contributed by atoms with Crippen molar-refractivity contribution in [2.75, 3.05) is 11.4 Å². The van der Waals surface area contributed by atoms with Crippen molar-refractivity contribution in [1.82, 2.24) is 4.98 Å². The number of thiazole rings is 1. The summed E-state index contributed by atoms with van der Waals surface area (Å²) < 4.78 is 0. The Hall–Kier alpha value is -1.88. The maximum Gasteiger partial charge on any atom is 0.303 e. The van der Waals surface area contributed by atoms with Crippen molar-refractivity contribution in [2.24, 2.45) is 0 Å². The van der Waals surface area contributed by atoms with E-state index in [1.807, 2.05) is 17.6 Å². The first-order chi connectivity index (χ1) is 12.8. The van der Waals surface area contributed by atoms with Crippen LogP contribution in [0, 0.1) is 0 Å². The number of benzene rings is 1. The third kappa shape index (κ3) is 8.00. The number of anilines is 2. The average Bonchev–Trinajstić information content (AvgIpc) is 3.17. The summed E-state index contributed by atoms with van der Waals surface area (Å²) in [6.07, 6.45) is 12.7. The second-order valence-corrected chi connectivity index (χ2v) is 7.50. The van der Waals surface area contributed by atoms with Crippen LogP contribution in [0.1, 0.15) is 64.2 Å². The van der Waals surface area contributed by atoms with E-state index in [4.69, 9.17) is 5.11 Å². The molecule has 0 saturated carbocycles. The van der Waals surface area contributed by atoms with Gasteiger partial charge in [-0.1, -0.05) is 63.1 Å². The number of para-hydroxylation sites is 1. The quantitative estimate of drug-likeness (QED) is 0.396. The summed E-state index contributed by atoms with van der Waals surface area (Å²) in [6, 6.07) is 10.5. The molecule has 1 aromatic carbocycles. The fourth-order valence-corrected chi connectivity index (χ4v) is 3.77. The molecule has 1 N–H and O–H groups in total. The molecular formula is C21H30N2O2S. The first-order valence-electron chi connectivity index (χ1n) is 9.71. The Balaban J connectivity index is 1.57. The van der Waals surface area contributed by atoms with E-state index in [9.17, 15) is 4.79 Å². The summed E-state index contributed by atoms with van der Waals surface area (Å²) in [4.78, 5) is 17.2. The number of carbonyl (C=O) groups is 1. The molecule has 5 heteroatoms. The molecule has 2 rings (SSSR count). The Bertz CT molecular complexity index is 602. The monoisotopic (exact) mass is 374 g/mol. The minimum atomic E-state index is -0.674. The highest BCUT2D eigenvalue weighted by molar-refractivity contribution is 7.13. The summed E-state index contributed by atoms with van der Waals surface area (Å²) in [5.41, 5.74) is 1.21. The normalized spacial score (nSPS) is 10.8. The third-order valence-corrected chi connectivity index (χ3v) is 5.28. The maximum absolute atomic E-state index is 10.4. The van der Waals surface area contributed by atoms with Crippen LogP contribution in [0.4, 0.5) is 10.8 Å². The van der Waals surface area contributed by atoms with E-state index in [1.54, 1.807) is 11.3 Å². The second kappa shape index (κ2) is 12.5. The van der Waals surface area contributed by atoms with Gasteiger partial charge >= 0.3 is 5.97 Å². The summed E-state index contributed by atoms with van der Waals surface area (Å²) in [5.74, 6) is -0.674. The minimum absolute atomic E-state index is 0.316. The number of aromatic nitrogens is 1. The van der Waals surface area contributed by atoms with Gasteiger partial charge in [0.25, 0.3) is 0 Å². The van der Waals surface area contributed by atoms with E-state index in [0.29, 0.717) is 6.42 Å². The number of rotatable bonds is 14. The Morgan fingerprint density at radius 2 is 1.54 bits per heavy atom. The third-order valence-electron chi connectivity index (χ3n) is 4.49. The van der Waals surface area contributed by atoms with Gasteiger partial charge in [0, 0.05) is 30.2 Å². The fourth-order valence-electron chi connectivity index (χ4n) is 3.08. The molecule has 0 spiro atoms. The van der Waals surface area contributed by atoms with Crippen molar-refractivity contribution in [3.8, 4) is 0 Å². The summed E-state index contributed by atoms with van der Waals surface area (Å²) in [6.45, 7) is 1.01. The van der Waals surface area contributed by atoms with Crippen molar-refractivity contribution >= 4 is 28.1 Å². The van der Waals surface area contributed by atoms with Crippen molar-refractivity contribution < 1.29 is 9.90 Å². The van der Waals surface area contributed by atoms with E-state index in [2.05, 4.69) is 34.1 Å². The minimum Gasteiger partial charge on any atom is -0.481 e. The maximum atomic E-state index is 10.4. The van der Waals surface area contributed by atoms with Crippen LogP contribution in [0.15, 0.2) is 41.9 Å². The number of nitrogens with zero attached hydrogens (tertiary/aromatic N) is 2. The number of carboxylic acid groups (broad SMARTS) is 1. The van der Waals surface area contributed by atoms with Crippen molar-refractivity contribution in [2.45, 2.75) is 64.2 Å². The first kappa shape index (κ1) is 20.4. The molecule has 142 valence electrons. The lowest BCUT2D eigenvalue weighted by atomic mass is 10.1. The zero-order valence-corrected chi connectivity index (χ0v) is 16.3. The zero-order chi connectivity index (χ0) is 18.5. The van der Waals surface area contributed by atoms with Crippen LogP contribution in [0.3, 0.4) is 0 Å². The van der Waals surface area contributed by atoms with Crippen LogP contribution >= 0.6 is 11.3 Å². The Labute approximate surface area is 160 Å². The molecule has 0 bridgehead atoms. The van der Waals surface area contributed by atoms with Crippen LogP contribution < -0.4 is 4.90 Å². The van der Waals surface area contributed by atoms with Gasteiger partial charge in [0.2, 0.25) is 0 Å². The highest BCUT2D eigenvalue weighted by Gasteiger charge is 2.10. The lowest BCUT2D eigenvalue weighted by Gasteiger charge is -2.21. The zero-order valence-electron chi connectivity index (χ0n) is 15.5. The van der Waals surface area contributed by atoms with E-state index in [0.717, 1.165) is 24.5 Å². The highest BCUT2D eigenvalue weighted by atomic mass is 32.1. The molecule has 0 saturated heterocycles. The topological polar surface area (TPSA) is 53.4 Å². The van der Waals surface area contributed by atoms with E-state index >= 15 is 0 Å². The number of carboxylic acids is 1. The van der Waals surface area contributed by atoms with Gasteiger partial charge in [0.05, 0.1) is 0 Å². The summed E-state index contributed by atoms with van der Waals surface area (Å²) >= 11 is 1.69.